The lowest BCUT2D eigenvalue weighted by molar-refractivity contribution is -0.123. The number of anilines is 2. The van der Waals surface area contributed by atoms with Crippen molar-refractivity contribution in [3.63, 3.8) is 0 Å². The van der Waals surface area contributed by atoms with Gasteiger partial charge in [0.15, 0.2) is 0 Å². The number of fused-ring (bicyclic) bond motifs is 1. The van der Waals surface area contributed by atoms with Crippen LogP contribution in [-0.4, -0.2) is 19.5 Å². The Kier molecular flexibility index (Phi) is 2.58. The quantitative estimate of drug-likeness (QED) is 0.754. The highest BCUT2D eigenvalue weighted by atomic mass is 35.5. The summed E-state index contributed by atoms with van der Waals surface area (Å²) in [6, 6.07) is 5.50. The van der Waals surface area contributed by atoms with Crippen molar-refractivity contribution in [1.29, 1.82) is 0 Å². The first-order valence-electron chi connectivity index (χ1n) is 5.22. The molecule has 1 aromatic rings. The smallest absolute Gasteiger partial charge is 0.231 e. The van der Waals surface area contributed by atoms with Crippen molar-refractivity contribution >= 4 is 28.9 Å². The third-order valence-corrected chi connectivity index (χ3v) is 3.10. The molecule has 1 aromatic carbocycles. The Bertz CT molecular complexity index is 443. The molecule has 1 aliphatic rings. The SMILES string of the molecule is CN1CC(C)(C)C(=O)Nc2ccc(Cl)cc21. The summed E-state index contributed by atoms with van der Waals surface area (Å²) in [5.41, 5.74) is 1.38. The fraction of sp³-hybridized carbons (Fsp3) is 0.417. The first-order valence-corrected chi connectivity index (χ1v) is 5.60. The Balaban J connectivity index is 2.49. The Labute approximate surface area is 100 Å². The van der Waals surface area contributed by atoms with Crippen molar-refractivity contribution in [2.24, 2.45) is 5.41 Å². The third-order valence-electron chi connectivity index (χ3n) is 2.87. The summed E-state index contributed by atoms with van der Waals surface area (Å²) < 4.78 is 0. The van der Waals surface area contributed by atoms with E-state index in [1.165, 1.54) is 0 Å². The van der Waals surface area contributed by atoms with E-state index < -0.39 is 5.41 Å². The molecule has 1 N–H and O–H groups in total. The first kappa shape index (κ1) is 11.3. The van der Waals surface area contributed by atoms with Gasteiger partial charge < -0.3 is 10.2 Å². The number of carbonyl (C=O) groups is 1. The van der Waals surface area contributed by atoms with E-state index in [0.717, 1.165) is 11.4 Å². The molecule has 1 aliphatic heterocycles. The Morgan fingerprint density at radius 3 is 2.81 bits per heavy atom. The molecule has 1 heterocycles. The van der Waals surface area contributed by atoms with E-state index in [1.807, 2.05) is 33.0 Å². The number of hydrogen-bond donors (Lipinski definition) is 1. The van der Waals surface area contributed by atoms with Gasteiger partial charge in [-0.1, -0.05) is 11.6 Å². The minimum atomic E-state index is -0.403. The van der Waals surface area contributed by atoms with E-state index >= 15 is 0 Å². The number of nitrogens with zero attached hydrogens (tertiary/aromatic N) is 1. The summed E-state index contributed by atoms with van der Waals surface area (Å²) in [6.07, 6.45) is 0. The molecule has 0 unspecified atom stereocenters. The highest BCUT2D eigenvalue weighted by molar-refractivity contribution is 6.31. The van der Waals surface area contributed by atoms with Crippen molar-refractivity contribution in [1.82, 2.24) is 0 Å². The van der Waals surface area contributed by atoms with Gasteiger partial charge >= 0.3 is 0 Å². The predicted octanol–water partition coefficient (Wildman–Crippen LogP) is 2.75. The van der Waals surface area contributed by atoms with Crippen LogP contribution >= 0.6 is 11.6 Å². The second-order valence-corrected chi connectivity index (χ2v) is 5.29. The summed E-state index contributed by atoms with van der Waals surface area (Å²) in [5, 5.41) is 3.61. The summed E-state index contributed by atoms with van der Waals surface area (Å²) in [6.45, 7) is 4.55. The molecule has 0 saturated carbocycles. The van der Waals surface area contributed by atoms with Gasteiger partial charge in [0.25, 0.3) is 0 Å². The van der Waals surface area contributed by atoms with Gasteiger partial charge in [0, 0.05) is 18.6 Å². The van der Waals surface area contributed by atoms with Gasteiger partial charge in [-0.3, -0.25) is 4.79 Å². The summed E-state index contributed by atoms with van der Waals surface area (Å²) in [5.74, 6) is 0.0421. The molecule has 0 spiro atoms. The molecule has 2 rings (SSSR count). The van der Waals surface area contributed by atoms with Crippen LogP contribution in [0.2, 0.25) is 5.02 Å². The standard InChI is InChI=1S/C12H15ClN2O/c1-12(2)7-15(3)10-6-8(13)4-5-9(10)14-11(12)16/h4-6H,7H2,1-3H3,(H,14,16). The molecule has 0 atom stereocenters. The van der Waals surface area contributed by atoms with Crippen molar-refractivity contribution in [3.8, 4) is 0 Å². The molecular weight excluding hydrogens is 224 g/mol. The molecule has 0 bridgehead atoms. The monoisotopic (exact) mass is 238 g/mol. The number of carbonyl (C=O) groups excluding carboxylic acids is 1. The van der Waals surface area contributed by atoms with E-state index in [1.54, 1.807) is 6.07 Å². The molecular formula is C12H15ClN2O. The number of rotatable bonds is 0. The highest BCUT2D eigenvalue weighted by Gasteiger charge is 2.33. The lowest BCUT2D eigenvalue weighted by Crippen LogP contribution is -2.37. The maximum atomic E-state index is 12.0. The zero-order chi connectivity index (χ0) is 11.9. The fourth-order valence-corrected chi connectivity index (χ4v) is 2.13. The third kappa shape index (κ3) is 1.87. The second kappa shape index (κ2) is 3.67. The molecule has 0 radical (unpaired) electrons. The van der Waals surface area contributed by atoms with E-state index in [9.17, 15) is 4.79 Å². The molecule has 0 aromatic heterocycles. The van der Waals surface area contributed by atoms with Crippen LogP contribution in [0.4, 0.5) is 11.4 Å². The first-order chi connectivity index (χ1) is 7.40. The van der Waals surface area contributed by atoms with Crippen LogP contribution in [-0.2, 0) is 4.79 Å². The lowest BCUT2D eigenvalue weighted by Gasteiger charge is -2.26. The van der Waals surface area contributed by atoms with Crippen LogP contribution in [0.5, 0.6) is 0 Å². The van der Waals surface area contributed by atoms with Gasteiger partial charge in [0.1, 0.15) is 0 Å². The van der Waals surface area contributed by atoms with Crippen LogP contribution in [0.15, 0.2) is 18.2 Å². The van der Waals surface area contributed by atoms with E-state index in [4.69, 9.17) is 11.6 Å². The van der Waals surface area contributed by atoms with Crippen molar-refractivity contribution in [2.75, 3.05) is 23.8 Å². The largest absolute Gasteiger partial charge is 0.372 e. The van der Waals surface area contributed by atoms with Gasteiger partial charge in [0.2, 0.25) is 5.91 Å². The summed E-state index contributed by atoms with van der Waals surface area (Å²) >= 11 is 5.96. The van der Waals surface area contributed by atoms with Crippen molar-refractivity contribution in [2.45, 2.75) is 13.8 Å². The fourth-order valence-electron chi connectivity index (χ4n) is 1.97. The van der Waals surface area contributed by atoms with Crippen LogP contribution in [0, 0.1) is 5.41 Å². The minimum Gasteiger partial charge on any atom is -0.372 e. The van der Waals surface area contributed by atoms with Crippen LogP contribution in [0.1, 0.15) is 13.8 Å². The van der Waals surface area contributed by atoms with Crippen LogP contribution in [0.3, 0.4) is 0 Å². The number of hydrogen-bond acceptors (Lipinski definition) is 2. The van der Waals surface area contributed by atoms with E-state index in [0.29, 0.717) is 11.6 Å². The van der Waals surface area contributed by atoms with Gasteiger partial charge in [0.05, 0.1) is 16.8 Å². The molecule has 0 aliphatic carbocycles. The molecule has 4 heteroatoms. The number of nitrogens with one attached hydrogen (secondary N) is 1. The average molecular weight is 239 g/mol. The topological polar surface area (TPSA) is 32.3 Å². The zero-order valence-corrected chi connectivity index (χ0v) is 10.4. The van der Waals surface area contributed by atoms with Crippen LogP contribution in [0.25, 0.3) is 0 Å². The minimum absolute atomic E-state index is 0.0421. The predicted molar refractivity (Wildman–Crippen MR) is 67.1 cm³/mol. The zero-order valence-electron chi connectivity index (χ0n) is 9.67. The number of halogens is 1. The van der Waals surface area contributed by atoms with E-state index in [-0.39, 0.29) is 5.91 Å². The Hall–Kier alpha value is -1.22. The molecule has 0 saturated heterocycles. The maximum absolute atomic E-state index is 12.0. The molecule has 1 amide bonds. The van der Waals surface area contributed by atoms with Crippen molar-refractivity contribution in [3.05, 3.63) is 23.2 Å². The summed E-state index contributed by atoms with van der Waals surface area (Å²) in [4.78, 5) is 14.0. The van der Waals surface area contributed by atoms with Gasteiger partial charge in [-0.2, -0.15) is 0 Å². The average Bonchev–Trinajstić information content (AvgIpc) is 2.26. The molecule has 0 fully saturated rings. The number of amides is 1. The molecule has 86 valence electrons. The Morgan fingerprint density at radius 2 is 2.12 bits per heavy atom. The lowest BCUT2D eigenvalue weighted by atomic mass is 9.92. The normalized spacial score (nSPS) is 18.8. The molecule has 3 nitrogen and oxygen atoms in total. The van der Waals surface area contributed by atoms with Gasteiger partial charge in [-0.05, 0) is 32.0 Å². The van der Waals surface area contributed by atoms with Crippen molar-refractivity contribution < 1.29 is 4.79 Å². The van der Waals surface area contributed by atoms with Crippen LogP contribution < -0.4 is 10.2 Å². The maximum Gasteiger partial charge on any atom is 0.231 e. The van der Waals surface area contributed by atoms with Gasteiger partial charge in [-0.25, -0.2) is 0 Å². The van der Waals surface area contributed by atoms with E-state index in [2.05, 4.69) is 10.2 Å². The van der Waals surface area contributed by atoms with Gasteiger partial charge in [-0.15, -0.1) is 0 Å². The number of benzene rings is 1. The highest BCUT2D eigenvalue weighted by Crippen LogP contribution is 2.34. The Morgan fingerprint density at radius 1 is 1.44 bits per heavy atom. The molecule has 16 heavy (non-hydrogen) atoms. The summed E-state index contributed by atoms with van der Waals surface area (Å²) in [7, 11) is 1.97. The second-order valence-electron chi connectivity index (χ2n) is 4.86.